The SMILES string of the molecule is COCCn1cc(Nc2ncc(C(N)=O)c(NCc3cccc(OC)c3F)n2)cn1. The van der Waals surface area contributed by atoms with Gasteiger partial charge in [0, 0.05) is 31.6 Å². The molecule has 3 aromatic rings. The van der Waals surface area contributed by atoms with Crippen LogP contribution >= 0.6 is 0 Å². The van der Waals surface area contributed by atoms with Crippen LogP contribution in [0.3, 0.4) is 0 Å². The molecule has 0 atom stereocenters. The van der Waals surface area contributed by atoms with Crippen LogP contribution in [0, 0.1) is 5.82 Å². The van der Waals surface area contributed by atoms with E-state index in [-0.39, 0.29) is 29.6 Å². The molecule has 30 heavy (non-hydrogen) atoms. The van der Waals surface area contributed by atoms with Gasteiger partial charge in [0.25, 0.3) is 5.91 Å². The first-order valence-corrected chi connectivity index (χ1v) is 9.02. The van der Waals surface area contributed by atoms with E-state index in [0.717, 1.165) is 0 Å². The lowest BCUT2D eigenvalue weighted by Gasteiger charge is -2.12. The average molecular weight is 415 g/mol. The molecule has 2 aromatic heterocycles. The number of primary amides is 1. The lowest BCUT2D eigenvalue weighted by molar-refractivity contribution is 0.100. The van der Waals surface area contributed by atoms with Crippen LogP contribution in [0.2, 0.25) is 0 Å². The zero-order valence-electron chi connectivity index (χ0n) is 16.6. The van der Waals surface area contributed by atoms with Gasteiger partial charge >= 0.3 is 0 Å². The Kier molecular flexibility index (Phi) is 6.75. The van der Waals surface area contributed by atoms with Crippen molar-refractivity contribution in [2.75, 3.05) is 31.5 Å². The van der Waals surface area contributed by atoms with Crippen LogP contribution in [-0.4, -0.2) is 46.5 Å². The van der Waals surface area contributed by atoms with Crippen LogP contribution in [-0.2, 0) is 17.8 Å². The Labute approximate surface area is 172 Å². The van der Waals surface area contributed by atoms with Gasteiger partial charge in [-0.15, -0.1) is 0 Å². The van der Waals surface area contributed by atoms with Gasteiger partial charge in [-0.2, -0.15) is 10.1 Å². The van der Waals surface area contributed by atoms with Crippen LogP contribution in [0.5, 0.6) is 5.75 Å². The second-order valence-corrected chi connectivity index (χ2v) is 6.22. The number of hydrogen-bond donors (Lipinski definition) is 3. The average Bonchev–Trinajstić information content (AvgIpc) is 3.18. The highest BCUT2D eigenvalue weighted by atomic mass is 19.1. The second kappa shape index (κ2) is 9.65. The van der Waals surface area contributed by atoms with E-state index in [9.17, 15) is 9.18 Å². The zero-order chi connectivity index (χ0) is 21.5. The highest BCUT2D eigenvalue weighted by Gasteiger charge is 2.14. The molecule has 0 saturated carbocycles. The molecule has 0 fully saturated rings. The van der Waals surface area contributed by atoms with E-state index in [0.29, 0.717) is 24.4 Å². The fraction of sp³-hybridized carbons (Fsp3) is 0.263. The third-order valence-electron chi connectivity index (χ3n) is 4.18. The molecule has 1 aromatic carbocycles. The van der Waals surface area contributed by atoms with E-state index in [1.54, 1.807) is 36.3 Å². The van der Waals surface area contributed by atoms with Crippen molar-refractivity contribution in [3.8, 4) is 5.75 Å². The Morgan fingerprint density at radius 1 is 1.30 bits per heavy atom. The van der Waals surface area contributed by atoms with Gasteiger partial charge in [-0.3, -0.25) is 9.48 Å². The lowest BCUT2D eigenvalue weighted by atomic mass is 10.2. The normalized spacial score (nSPS) is 10.6. The Bertz CT molecular complexity index is 1030. The molecule has 0 saturated heterocycles. The van der Waals surface area contributed by atoms with Gasteiger partial charge in [-0.1, -0.05) is 12.1 Å². The maximum absolute atomic E-state index is 14.4. The first kappa shape index (κ1) is 21.0. The van der Waals surface area contributed by atoms with Crippen molar-refractivity contribution in [3.05, 3.63) is 53.7 Å². The number of ether oxygens (including phenoxy) is 2. The van der Waals surface area contributed by atoms with E-state index >= 15 is 0 Å². The zero-order valence-corrected chi connectivity index (χ0v) is 16.6. The van der Waals surface area contributed by atoms with Gasteiger partial charge in [0.2, 0.25) is 5.95 Å². The summed E-state index contributed by atoms with van der Waals surface area (Å²) in [5.41, 5.74) is 6.50. The number of hydrogen-bond acceptors (Lipinski definition) is 8. The number of halogens is 1. The molecule has 11 heteroatoms. The van der Waals surface area contributed by atoms with Crippen LogP contribution < -0.4 is 21.1 Å². The number of carbonyl (C=O) groups is 1. The van der Waals surface area contributed by atoms with Crippen molar-refractivity contribution < 1.29 is 18.7 Å². The summed E-state index contributed by atoms with van der Waals surface area (Å²) in [6.45, 7) is 1.19. The highest BCUT2D eigenvalue weighted by Crippen LogP contribution is 2.22. The van der Waals surface area contributed by atoms with Gasteiger partial charge in [0.15, 0.2) is 11.6 Å². The summed E-state index contributed by atoms with van der Waals surface area (Å²) in [5.74, 6) is -0.680. The standard InChI is InChI=1S/C19H22FN7O3/c1-29-7-6-27-11-13(9-24-27)25-19-23-10-14(17(21)28)18(26-19)22-8-12-4-3-5-15(30-2)16(12)20/h3-5,9-11H,6-8H2,1-2H3,(H2,21,28)(H2,22,23,25,26). The Balaban J connectivity index is 1.78. The number of nitrogens with one attached hydrogen (secondary N) is 2. The minimum atomic E-state index is -0.706. The van der Waals surface area contributed by atoms with E-state index in [4.69, 9.17) is 15.2 Å². The number of amides is 1. The number of benzene rings is 1. The summed E-state index contributed by atoms with van der Waals surface area (Å²) < 4.78 is 26.1. The quantitative estimate of drug-likeness (QED) is 0.458. The molecule has 0 aliphatic heterocycles. The number of aromatic nitrogens is 4. The largest absolute Gasteiger partial charge is 0.494 e. The third-order valence-corrected chi connectivity index (χ3v) is 4.18. The van der Waals surface area contributed by atoms with Gasteiger partial charge in [-0.05, 0) is 6.07 Å². The predicted molar refractivity (Wildman–Crippen MR) is 108 cm³/mol. The molecule has 0 aliphatic rings. The number of nitrogens with two attached hydrogens (primary N) is 1. The Hall–Kier alpha value is -3.73. The van der Waals surface area contributed by atoms with Crippen molar-refractivity contribution in [1.82, 2.24) is 19.7 Å². The summed E-state index contributed by atoms with van der Waals surface area (Å²) >= 11 is 0. The molecule has 0 aliphatic carbocycles. The Morgan fingerprint density at radius 3 is 2.87 bits per heavy atom. The maximum Gasteiger partial charge on any atom is 0.254 e. The van der Waals surface area contributed by atoms with Crippen LogP contribution in [0.15, 0.2) is 36.8 Å². The summed E-state index contributed by atoms with van der Waals surface area (Å²) in [5, 5.41) is 10.1. The van der Waals surface area contributed by atoms with Crippen LogP contribution in [0.4, 0.5) is 21.8 Å². The van der Waals surface area contributed by atoms with E-state index in [1.807, 2.05) is 0 Å². The van der Waals surface area contributed by atoms with Gasteiger partial charge < -0.3 is 25.8 Å². The van der Waals surface area contributed by atoms with E-state index in [1.165, 1.54) is 19.4 Å². The first-order valence-electron chi connectivity index (χ1n) is 9.02. The molecule has 158 valence electrons. The third kappa shape index (κ3) is 5.00. The molecule has 3 rings (SSSR count). The summed E-state index contributed by atoms with van der Waals surface area (Å²) in [7, 11) is 3.00. The number of nitrogens with zero attached hydrogens (tertiary/aromatic N) is 4. The van der Waals surface area contributed by atoms with Gasteiger partial charge in [0.05, 0.1) is 37.7 Å². The number of rotatable bonds is 10. The molecule has 1 amide bonds. The van der Waals surface area contributed by atoms with Gasteiger partial charge in [-0.25, -0.2) is 9.37 Å². The fourth-order valence-corrected chi connectivity index (χ4v) is 2.65. The minimum Gasteiger partial charge on any atom is -0.494 e. The molecule has 0 bridgehead atoms. The van der Waals surface area contributed by atoms with Crippen molar-refractivity contribution >= 4 is 23.4 Å². The van der Waals surface area contributed by atoms with Crippen LogP contribution in [0.1, 0.15) is 15.9 Å². The topological polar surface area (TPSA) is 129 Å². The van der Waals surface area contributed by atoms with Crippen molar-refractivity contribution in [2.45, 2.75) is 13.1 Å². The number of anilines is 3. The minimum absolute atomic E-state index is 0.0642. The van der Waals surface area contributed by atoms with Crippen LogP contribution in [0.25, 0.3) is 0 Å². The molecule has 2 heterocycles. The number of carbonyl (C=O) groups excluding carboxylic acids is 1. The molecule has 10 nitrogen and oxygen atoms in total. The van der Waals surface area contributed by atoms with Crippen molar-refractivity contribution in [2.24, 2.45) is 5.73 Å². The first-order chi connectivity index (χ1) is 14.5. The molecular weight excluding hydrogens is 393 g/mol. The number of methoxy groups -OCH3 is 2. The molecular formula is C19H22FN7O3. The highest BCUT2D eigenvalue weighted by molar-refractivity contribution is 5.97. The maximum atomic E-state index is 14.4. The molecule has 0 spiro atoms. The van der Waals surface area contributed by atoms with E-state index in [2.05, 4.69) is 25.7 Å². The summed E-state index contributed by atoms with van der Waals surface area (Å²) in [6.07, 6.45) is 4.68. The smallest absolute Gasteiger partial charge is 0.254 e. The molecule has 4 N–H and O–H groups in total. The fourth-order valence-electron chi connectivity index (χ4n) is 2.65. The second-order valence-electron chi connectivity index (χ2n) is 6.22. The van der Waals surface area contributed by atoms with Crippen molar-refractivity contribution in [1.29, 1.82) is 0 Å². The van der Waals surface area contributed by atoms with E-state index < -0.39 is 11.7 Å². The molecule has 0 unspecified atom stereocenters. The monoisotopic (exact) mass is 415 g/mol. The molecule has 0 radical (unpaired) electrons. The lowest BCUT2D eigenvalue weighted by Crippen LogP contribution is -2.17. The summed E-state index contributed by atoms with van der Waals surface area (Å²) in [4.78, 5) is 20.1. The summed E-state index contributed by atoms with van der Waals surface area (Å²) in [6, 6.07) is 4.79. The van der Waals surface area contributed by atoms with Crippen molar-refractivity contribution in [3.63, 3.8) is 0 Å². The Morgan fingerprint density at radius 2 is 2.13 bits per heavy atom. The van der Waals surface area contributed by atoms with Gasteiger partial charge in [0.1, 0.15) is 5.82 Å². The predicted octanol–water partition coefficient (Wildman–Crippen LogP) is 1.92.